The molecule has 1 N–H and O–H groups in total. The summed E-state index contributed by atoms with van der Waals surface area (Å²) in [5.74, 6) is 0.599. The van der Waals surface area contributed by atoms with Crippen LogP contribution >= 0.6 is 0 Å². The Bertz CT molecular complexity index is 775. The Morgan fingerprint density at radius 3 is 2.65 bits per heavy atom. The van der Waals surface area contributed by atoms with Crippen LogP contribution in [0.25, 0.3) is 16.9 Å². The van der Waals surface area contributed by atoms with Crippen LogP contribution < -0.4 is 4.74 Å². The van der Waals surface area contributed by atoms with Gasteiger partial charge in [-0.2, -0.15) is 0 Å². The van der Waals surface area contributed by atoms with Gasteiger partial charge in [0.05, 0.1) is 24.4 Å². The number of hydrogen-bond donors (Lipinski definition) is 1. The molecule has 0 saturated heterocycles. The van der Waals surface area contributed by atoms with Gasteiger partial charge in [-0.1, -0.05) is 0 Å². The van der Waals surface area contributed by atoms with E-state index in [-0.39, 0.29) is 5.56 Å². The number of carboxylic acid groups (broad SMARTS) is 1. The molecule has 5 nitrogen and oxygen atoms in total. The Morgan fingerprint density at radius 1 is 1.25 bits per heavy atom. The molecule has 5 heteroatoms. The molecule has 0 aliphatic rings. The number of hydrogen-bond acceptors (Lipinski definition) is 3. The summed E-state index contributed by atoms with van der Waals surface area (Å²) in [6.45, 7) is 0. The molecule has 0 atom stereocenters. The number of pyridine rings is 1. The van der Waals surface area contributed by atoms with Gasteiger partial charge in [-0.25, -0.2) is 9.78 Å². The van der Waals surface area contributed by atoms with Crippen LogP contribution in [-0.4, -0.2) is 27.6 Å². The van der Waals surface area contributed by atoms with Gasteiger partial charge in [0.25, 0.3) is 0 Å². The van der Waals surface area contributed by atoms with Gasteiger partial charge in [0.15, 0.2) is 0 Å². The van der Waals surface area contributed by atoms with E-state index < -0.39 is 5.97 Å². The molecule has 0 spiro atoms. The third kappa shape index (κ3) is 1.99. The second kappa shape index (κ2) is 4.70. The van der Waals surface area contributed by atoms with Crippen molar-refractivity contribution in [2.75, 3.05) is 7.11 Å². The lowest BCUT2D eigenvalue weighted by molar-refractivity contribution is 0.0697. The average molecular weight is 268 g/mol. The summed E-state index contributed by atoms with van der Waals surface area (Å²) in [5.41, 5.74) is 1.93. The Labute approximate surface area is 115 Å². The van der Waals surface area contributed by atoms with Gasteiger partial charge in [-0.05, 0) is 36.4 Å². The van der Waals surface area contributed by atoms with E-state index in [1.165, 1.54) is 0 Å². The molecule has 0 saturated carbocycles. The number of imidazole rings is 1. The van der Waals surface area contributed by atoms with Gasteiger partial charge in [-0.3, -0.25) is 4.40 Å². The minimum absolute atomic E-state index is 0.249. The molecule has 0 bridgehead atoms. The van der Waals surface area contributed by atoms with Crippen molar-refractivity contribution in [2.45, 2.75) is 0 Å². The first-order chi connectivity index (χ1) is 9.69. The van der Waals surface area contributed by atoms with Crippen LogP contribution in [0.4, 0.5) is 0 Å². The van der Waals surface area contributed by atoms with Crippen molar-refractivity contribution in [1.29, 1.82) is 0 Å². The predicted molar refractivity (Wildman–Crippen MR) is 74.1 cm³/mol. The molecule has 3 rings (SSSR count). The van der Waals surface area contributed by atoms with Crippen LogP contribution in [0.15, 0.2) is 48.8 Å². The fraction of sp³-hybridized carbons (Fsp3) is 0.0667. The molecule has 2 heterocycles. The number of benzene rings is 1. The molecule has 1 aromatic carbocycles. The zero-order valence-corrected chi connectivity index (χ0v) is 10.8. The monoisotopic (exact) mass is 268 g/mol. The number of carboxylic acids is 1. The minimum atomic E-state index is -0.945. The van der Waals surface area contributed by atoms with Gasteiger partial charge < -0.3 is 9.84 Å². The summed E-state index contributed by atoms with van der Waals surface area (Å²) < 4.78 is 6.98. The highest BCUT2D eigenvalue weighted by Gasteiger charge is 2.09. The lowest BCUT2D eigenvalue weighted by Gasteiger charge is -2.04. The molecule has 2 aromatic heterocycles. The van der Waals surface area contributed by atoms with Crippen molar-refractivity contribution in [3.63, 3.8) is 0 Å². The third-order valence-corrected chi connectivity index (χ3v) is 3.13. The molecular weight excluding hydrogens is 256 g/mol. The molecule has 20 heavy (non-hydrogen) atoms. The fourth-order valence-electron chi connectivity index (χ4n) is 2.09. The van der Waals surface area contributed by atoms with Crippen LogP contribution in [-0.2, 0) is 0 Å². The van der Waals surface area contributed by atoms with Crippen molar-refractivity contribution in [1.82, 2.24) is 9.38 Å². The maximum absolute atomic E-state index is 10.9. The maximum Gasteiger partial charge on any atom is 0.335 e. The van der Waals surface area contributed by atoms with E-state index in [0.717, 1.165) is 22.7 Å². The number of nitrogens with zero attached hydrogens (tertiary/aromatic N) is 2. The van der Waals surface area contributed by atoms with E-state index in [1.807, 2.05) is 28.7 Å². The van der Waals surface area contributed by atoms with E-state index in [2.05, 4.69) is 4.98 Å². The van der Waals surface area contributed by atoms with Crippen LogP contribution in [0.1, 0.15) is 10.4 Å². The normalized spacial score (nSPS) is 10.7. The first-order valence-corrected chi connectivity index (χ1v) is 6.04. The topological polar surface area (TPSA) is 63.8 Å². The Balaban J connectivity index is 2.09. The molecule has 100 valence electrons. The van der Waals surface area contributed by atoms with Gasteiger partial charge in [0, 0.05) is 11.8 Å². The van der Waals surface area contributed by atoms with Crippen LogP contribution in [0.5, 0.6) is 5.75 Å². The van der Waals surface area contributed by atoms with Gasteiger partial charge >= 0.3 is 5.97 Å². The Morgan fingerprint density at radius 2 is 2.00 bits per heavy atom. The van der Waals surface area contributed by atoms with Crippen molar-refractivity contribution in [3.05, 3.63) is 54.4 Å². The molecule has 0 unspecified atom stereocenters. The molecule has 0 amide bonds. The number of ether oxygens (including phenoxy) is 1. The fourth-order valence-corrected chi connectivity index (χ4v) is 2.09. The van der Waals surface area contributed by atoms with E-state index in [4.69, 9.17) is 9.84 Å². The second-order valence-corrected chi connectivity index (χ2v) is 4.33. The number of rotatable bonds is 3. The number of fused-ring (bicyclic) bond motifs is 1. The predicted octanol–water partition coefficient (Wildman–Crippen LogP) is 2.71. The van der Waals surface area contributed by atoms with E-state index in [1.54, 1.807) is 31.6 Å². The highest BCUT2D eigenvalue weighted by molar-refractivity contribution is 5.89. The van der Waals surface area contributed by atoms with Crippen molar-refractivity contribution in [2.24, 2.45) is 0 Å². The van der Waals surface area contributed by atoms with Crippen LogP contribution in [0, 0.1) is 0 Å². The van der Waals surface area contributed by atoms with E-state index in [0.29, 0.717) is 0 Å². The molecular formula is C15H12N2O3. The Kier molecular flexibility index (Phi) is 2.87. The zero-order valence-electron chi connectivity index (χ0n) is 10.8. The summed E-state index contributed by atoms with van der Waals surface area (Å²) in [6, 6.07) is 10.7. The summed E-state index contributed by atoms with van der Waals surface area (Å²) in [5, 5.41) is 8.98. The number of aromatic nitrogens is 2. The lowest BCUT2D eigenvalue weighted by Crippen LogP contribution is -1.97. The van der Waals surface area contributed by atoms with Crippen molar-refractivity contribution in [3.8, 4) is 17.1 Å². The number of methoxy groups -OCH3 is 1. The smallest absolute Gasteiger partial charge is 0.335 e. The average Bonchev–Trinajstić information content (AvgIpc) is 2.90. The highest BCUT2D eigenvalue weighted by atomic mass is 16.5. The number of carbonyl (C=O) groups is 1. The lowest BCUT2D eigenvalue weighted by atomic mass is 10.2. The van der Waals surface area contributed by atoms with Crippen molar-refractivity contribution >= 4 is 11.5 Å². The molecule has 3 aromatic rings. The quantitative estimate of drug-likeness (QED) is 0.793. The van der Waals surface area contributed by atoms with Crippen molar-refractivity contribution < 1.29 is 14.6 Å². The first-order valence-electron chi connectivity index (χ1n) is 6.04. The largest absolute Gasteiger partial charge is 0.497 e. The van der Waals surface area contributed by atoms with E-state index in [9.17, 15) is 4.79 Å². The first kappa shape index (κ1) is 12.2. The summed E-state index contributed by atoms with van der Waals surface area (Å²) >= 11 is 0. The maximum atomic E-state index is 10.9. The molecule has 0 fully saturated rings. The van der Waals surface area contributed by atoms with Gasteiger partial charge in [0.2, 0.25) is 0 Å². The standard InChI is InChI=1S/C15H12N2O3/c1-20-13-4-2-10(3-5-13)14-16-9-12-8-11(15(18)19)6-7-17(12)14/h2-9H,1H3,(H,18,19). The summed E-state index contributed by atoms with van der Waals surface area (Å²) in [6.07, 6.45) is 3.37. The minimum Gasteiger partial charge on any atom is -0.497 e. The second-order valence-electron chi connectivity index (χ2n) is 4.33. The summed E-state index contributed by atoms with van der Waals surface area (Å²) in [4.78, 5) is 15.3. The highest BCUT2D eigenvalue weighted by Crippen LogP contribution is 2.22. The molecule has 0 aliphatic heterocycles. The van der Waals surface area contributed by atoms with Crippen LogP contribution in [0.3, 0.4) is 0 Å². The van der Waals surface area contributed by atoms with Crippen LogP contribution in [0.2, 0.25) is 0 Å². The third-order valence-electron chi connectivity index (χ3n) is 3.13. The van der Waals surface area contributed by atoms with Gasteiger partial charge in [0.1, 0.15) is 11.6 Å². The number of aromatic carboxylic acids is 1. The summed E-state index contributed by atoms with van der Waals surface area (Å²) in [7, 11) is 1.62. The zero-order chi connectivity index (χ0) is 14.1. The SMILES string of the molecule is COc1ccc(-c2ncc3cc(C(=O)O)ccn23)cc1. The Hall–Kier alpha value is -2.82. The van der Waals surface area contributed by atoms with E-state index >= 15 is 0 Å². The van der Waals surface area contributed by atoms with Gasteiger partial charge in [-0.15, -0.1) is 0 Å². The molecule has 0 radical (unpaired) electrons. The molecule has 0 aliphatic carbocycles.